The molecule has 0 spiro atoms. The average Bonchev–Trinajstić information content (AvgIpc) is 2.26. The minimum Gasteiger partial charge on any atom is -0.372 e. The van der Waals surface area contributed by atoms with E-state index in [0.29, 0.717) is 12.2 Å². The van der Waals surface area contributed by atoms with E-state index in [4.69, 9.17) is 10.5 Å². The molecule has 1 heterocycles. The molecule has 0 saturated carbocycles. The van der Waals surface area contributed by atoms with Gasteiger partial charge in [-0.1, -0.05) is 12.1 Å². The molecule has 3 unspecified atom stereocenters. The molecule has 2 N–H and O–H groups in total. The van der Waals surface area contributed by atoms with Gasteiger partial charge in [0.15, 0.2) is 0 Å². The van der Waals surface area contributed by atoms with Crippen molar-refractivity contribution in [2.24, 2.45) is 5.73 Å². The Morgan fingerprint density at radius 2 is 1.95 bits per heavy atom. The fourth-order valence-corrected chi connectivity index (χ4v) is 2.95. The number of nitrogens with zero attached hydrogens (tertiary/aromatic N) is 1. The summed E-state index contributed by atoms with van der Waals surface area (Å²) >= 11 is 0. The van der Waals surface area contributed by atoms with Crippen molar-refractivity contribution in [3.8, 4) is 0 Å². The standard InChI is InChI=1S/C16H26N2O/c1-11-7-15(8-12(2)17)5-6-16(11)18-9-13(3)19-14(4)10-18/h5-7,12-14H,8-10,17H2,1-4H3. The Morgan fingerprint density at radius 1 is 1.32 bits per heavy atom. The van der Waals surface area contributed by atoms with E-state index >= 15 is 0 Å². The van der Waals surface area contributed by atoms with E-state index in [1.165, 1.54) is 16.8 Å². The molecule has 3 nitrogen and oxygen atoms in total. The lowest BCUT2D eigenvalue weighted by atomic mass is 10.0. The molecule has 1 aliphatic rings. The van der Waals surface area contributed by atoms with Crippen molar-refractivity contribution in [3.63, 3.8) is 0 Å². The molecule has 1 aromatic carbocycles. The average molecular weight is 262 g/mol. The Kier molecular flexibility index (Phi) is 4.48. The summed E-state index contributed by atoms with van der Waals surface area (Å²) in [7, 11) is 0. The second kappa shape index (κ2) is 5.93. The Hall–Kier alpha value is -1.06. The zero-order valence-corrected chi connectivity index (χ0v) is 12.5. The lowest BCUT2D eigenvalue weighted by Gasteiger charge is -2.37. The number of benzene rings is 1. The second-order valence-corrected chi connectivity index (χ2v) is 5.96. The highest BCUT2D eigenvalue weighted by atomic mass is 16.5. The Labute approximate surface area is 116 Å². The van der Waals surface area contributed by atoms with E-state index in [1.54, 1.807) is 0 Å². The topological polar surface area (TPSA) is 38.5 Å². The van der Waals surface area contributed by atoms with E-state index in [1.807, 2.05) is 0 Å². The number of morpholine rings is 1. The van der Waals surface area contributed by atoms with Crippen LogP contribution in [-0.4, -0.2) is 31.3 Å². The van der Waals surface area contributed by atoms with Gasteiger partial charge < -0.3 is 15.4 Å². The van der Waals surface area contributed by atoms with Gasteiger partial charge in [-0.25, -0.2) is 0 Å². The largest absolute Gasteiger partial charge is 0.372 e. The third-order valence-corrected chi connectivity index (χ3v) is 3.58. The zero-order valence-electron chi connectivity index (χ0n) is 12.5. The summed E-state index contributed by atoms with van der Waals surface area (Å²) in [5.74, 6) is 0. The molecule has 0 radical (unpaired) electrons. The maximum absolute atomic E-state index is 5.86. The van der Waals surface area contributed by atoms with Crippen molar-refractivity contribution in [3.05, 3.63) is 29.3 Å². The maximum atomic E-state index is 5.86. The van der Waals surface area contributed by atoms with Gasteiger partial charge in [0.05, 0.1) is 12.2 Å². The summed E-state index contributed by atoms with van der Waals surface area (Å²) in [6, 6.07) is 6.92. The molecule has 0 aliphatic carbocycles. The van der Waals surface area contributed by atoms with Crippen LogP contribution in [0.1, 0.15) is 31.9 Å². The van der Waals surface area contributed by atoms with Crippen molar-refractivity contribution >= 4 is 5.69 Å². The fourth-order valence-electron chi connectivity index (χ4n) is 2.95. The summed E-state index contributed by atoms with van der Waals surface area (Å²) in [6.07, 6.45) is 1.54. The van der Waals surface area contributed by atoms with Crippen LogP contribution >= 0.6 is 0 Å². The van der Waals surface area contributed by atoms with Gasteiger partial charge in [-0.05, 0) is 51.3 Å². The van der Waals surface area contributed by atoms with Crippen LogP contribution in [0.5, 0.6) is 0 Å². The van der Waals surface area contributed by atoms with Crippen LogP contribution in [-0.2, 0) is 11.2 Å². The number of hydrogen-bond donors (Lipinski definition) is 1. The van der Waals surface area contributed by atoms with Crippen LogP contribution < -0.4 is 10.6 Å². The molecule has 1 aromatic rings. The first-order valence-electron chi connectivity index (χ1n) is 7.21. The predicted octanol–water partition coefficient (Wildman–Crippen LogP) is 2.50. The summed E-state index contributed by atoms with van der Waals surface area (Å²) in [6.45, 7) is 10.5. The first kappa shape index (κ1) is 14.4. The number of nitrogens with two attached hydrogens (primary N) is 1. The van der Waals surface area contributed by atoms with Gasteiger partial charge in [0.25, 0.3) is 0 Å². The highest BCUT2D eigenvalue weighted by molar-refractivity contribution is 5.55. The van der Waals surface area contributed by atoms with Gasteiger partial charge in [0.1, 0.15) is 0 Å². The van der Waals surface area contributed by atoms with E-state index in [9.17, 15) is 0 Å². The van der Waals surface area contributed by atoms with E-state index in [0.717, 1.165) is 19.5 Å². The molecule has 106 valence electrons. The molecule has 0 amide bonds. The molecule has 2 rings (SSSR count). The molecule has 0 bridgehead atoms. The number of ether oxygens (including phenoxy) is 1. The summed E-state index contributed by atoms with van der Waals surface area (Å²) < 4.78 is 5.80. The molecule has 19 heavy (non-hydrogen) atoms. The van der Waals surface area contributed by atoms with Gasteiger partial charge in [-0.2, -0.15) is 0 Å². The minimum atomic E-state index is 0.216. The molecule has 3 atom stereocenters. The van der Waals surface area contributed by atoms with Crippen LogP contribution in [0.3, 0.4) is 0 Å². The highest BCUT2D eigenvalue weighted by Gasteiger charge is 2.23. The summed E-state index contributed by atoms with van der Waals surface area (Å²) in [5, 5.41) is 0. The second-order valence-electron chi connectivity index (χ2n) is 5.96. The minimum absolute atomic E-state index is 0.216. The molecule has 1 fully saturated rings. The van der Waals surface area contributed by atoms with Crippen LogP contribution in [0, 0.1) is 6.92 Å². The predicted molar refractivity (Wildman–Crippen MR) is 80.8 cm³/mol. The van der Waals surface area contributed by atoms with Crippen LogP contribution in [0.15, 0.2) is 18.2 Å². The molecule has 1 saturated heterocycles. The SMILES string of the molecule is Cc1cc(CC(C)N)ccc1N1CC(C)OC(C)C1. The van der Waals surface area contributed by atoms with Crippen molar-refractivity contribution in [2.45, 2.75) is 52.4 Å². The Balaban J connectivity index is 2.16. The van der Waals surface area contributed by atoms with Gasteiger partial charge in [0, 0.05) is 24.8 Å². The van der Waals surface area contributed by atoms with Gasteiger partial charge in [-0.3, -0.25) is 0 Å². The lowest BCUT2D eigenvalue weighted by Crippen LogP contribution is -2.45. The third-order valence-electron chi connectivity index (χ3n) is 3.58. The smallest absolute Gasteiger partial charge is 0.0726 e. The highest BCUT2D eigenvalue weighted by Crippen LogP contribution is 2.25. The maximum Gasteiger partial charge on any atom is 0.0726 e. The monoisotopic (exact) mass is 262 g/mol. The first-order valence-corrected chi connectivity index (χ1v) is 7.21. The summed E-state index contributed by atoms with van der Waals surface area (Å²) in [4.78, 5) is 2.43. The lowest BCUT2D eigenvalue weighted by molar-refractivity contribution is -0.00524. The van der Waals surface area contributed by atoms with Crippen LogP contribution in [0.4, 0.5) is 5.69 Å². The van der Waals surface area contributed by atoms with Crippen molar-refractivity contribution in [2.75, 3.05) is 18.0 Å². The molecule has 1 aliphatic heterocycles. The van der Waals surface area contributed by atoms with Gasteiger partial charge >= 0.3 is 0 Å². The van der Waals surface area contributed by atoms with Gasteiger partial charge in [0.2, 0.25) is 0 Å². The quantitative estimate of drug-likeness (QED) is 0.909. The number of aryl methyl sites for hydroxylation is 1. The van der Waals surface area contributed by atoms with Crippen molar-refractivity contribution in [1.82, 2.24) is 0 Å². The van der Waals surface area contributed by atoms with Crippen molar-refractivity contribution in [1.29, 1.82) is 0 Å². The molecule has 0 aromatic heterocycles. The Bertz CT molecular complexity index is 421. The van der Waals surface area contributed by atoms with E-state index in [2.05, 4.69) is 50.8 Å². The Morgan fingerprint density at radius 3 is 2.47 bits per heavy atom. The molecular formula is C16H26N2O. The zero-order chi connectivity index (χ0) is 14.0. The van der Waals surface area contributed by atoms with Crippen LogP contribution in [0.2, 0.25) is 0 Å². The molecular weight excluding hydrogens is 236 g/mol. The van der Waals surface area contributed by atoms with Crippen LogP contribution in [0.25, 0.3) is 0 Å². The number of anilines is 1. The van der Waals surface area contributed by atoms with E-state index < -0.39 is 0 Å². The first-order chi connectivity index (χ1) is 8.95. The number of hydrogen-bond acceptors (Lipinski definition) is 3. The third kappa shape index (κ3) is 3.71. The number of rotatable bonds is 3. The van der Waals surface area contributed by atoms with E-state index in [-0.39, 0.29) is 6.04 Å². The normalized spacial score (nSPS) is 25.4. The van der Waals surface area contributed by atoms with Gasteiger partial charge in [-0.15, -0.1) is 0 Å². The fraction of sp³-hybridized carbons (Fsp3) is 0.625. The van der Waals surface area contributed by atoms with Crippen molar-refractivity contribution < 1.29 is 4.74 Å². The molecule has 3 heteroatoms. The summed E-state index contributed by atoms with van der Waals surface area (Å²) in [5.41, 5.74) is 9.85.